The minimum Gasteiger partial charge on any atom is -0.399 e. The van der Waals surface area contributed by atoms with Gasteiger partial charge in [-0.3, -0.25) is 14.5 Å². The Bertz CT molecular complexity index is 696. The van der Waals surface area contributed by atoms with Gasteiger partial charge < -0.3 is 5.73 Å². The first kappa shape index (κ1) is 12.2. The van der Waals surface area contributed by atoms with Crippen molar-refractivity contribution in [3.05, 3.63) is 29.3 Å². The topological polar surface area (TPSA) is 97.5 Å². The highest BCUT2D eigenvalue weighted by molar-refractivity contribution is 7.91. The van der Waals surface area contributed by atoms with E-state index in [2.05, 4.69) is 0 Å². The number of benzene rings is 1. The summed E-state index contributed by atoms with van der Waals surface area (Å²) in [5.41, 5.74) is 6.56. The lowest BCUT2D eigenvalue weighted by Crippen LogP contribution is -2.40. The summed E-state index contributed by atoms with van der Waals surface area (Å²) in [4.78, 5) is 25.5. The molecule has 1 fully saturated rings. The number of imide groups is 1. The zero-order chi connectivity index (χ0) is 13.8. The molecular formula is C12H12N2O4S. The molecule has 7 heteroatoms. The molecule has 0 radical (unpaired) electrons. The molecule has 2 N–H and O–H groups in total. The molecule has 2 heterocycles. The number of hydrogen-bond donors (Lipinski definition) is 1. The van der Waals surface area contributed by atoms with Gasteiger partial charge in [0.25, 0.3) is 11.8 Å². The fourth-order valence-electron chi connectivity index (χ4n) is 2.59. The predicted molar refractivity (Wildman–Crippen MR) is 68.4 cm³/mol. The van der Waals surface area contributed by atoms with Crippen LogP contribution in [0.3, 0.4) is 0 Å². The van der Waals surface area contributed by atoms with Crippen LogP contribution in [0.2, 0.25) is 0 Å². The maximum absolute atomic E-state index is 12.2. The van der Waals surface area contributed by atoms with E-state index in [1.165, 1.54) is 12.1 Å². The Hall–Kier alpha value is -1.89. The second kappa shape index (κ2) is 3.80. The van der Waals surface area contributed by atoms with Crippen LogP contribution in [0, 0.1) is 0 Å². The van der Waals surface area contributed by atoms with Gasteiger partial charge in [0.2, 0.25) is 0 Å². The third-order valence-corrected chi connectivity index (χ3v) is 5.27. The van der Waals surface area contributed by atoms with Gasteiger partial charge in [-0.25, -0.2) is 8.42 Å². The quantitative estimate of drug-likeness (QED) is 0.579. The molecule has 6 nitrogen and oxygen atoms in total. The SMILES string of the molecule is Nc1ccc2c(c1)C(=O)N(C1CCS(=O)(=O)C1)C2=O. The van der Waals surface area contributed by atoms with Gasteiger partial charge in [-0.15, -0.1) is 0 Å². The molecule has 0 bridgehead atoms. The molecule has 2 aliphatic heterocycles. The van der Waals surface area contributed by atoms with Crippen molar-refractivity contribution in [1.29, 1.82) is 0 Å². The molecule has 1 aromatic carbocycles. The standard InChI is InChI=1S/C12H12N2O4S/c13-7-1-2-9-10(5-7)12(16)14(11(9)15)8-3-4-19(17,18)6-8/h1-2,5,8H,3-4,6,13H2. The Balaban J connectivity index is 1.99. The van der Waals surface area contributed by atoms with E-state index < -0.39 is 27.7 Å². The van der Waals surface area contributed by atoms with Gasteiger partial charge in [0.1, 0.15) is 0 Å². The largest absolute Gasteiger partial charge is 0.399 e. The van der Waals surface area contributed by atoms with Gasteiger partial charge in [-0.05, 0) is 24.6 Å². The second-order valence-electron chi connectivity index (χ2n) is 4.84. The van der Waals surface area contributed by atoms with Gasteiger partial charge in [0.05, 0.1) is 28.7 Å². The Morgan fingerprint density at radius 1 is 1.16 bits per heavy atom. The number of fused-ring (bicyclic) bond motifs is 1. The summed E-state index contributed by atoms with van der Waals surface area (Å²) in [6, 6.07) is 3.96. The van der Waals surface area contributed by atoms with Crippen LogP contribution in [0.25, 0.3) is 0 Å². The molecular weight excluding hydrogens is 268 g/mol. The number of anilines is 1. The lowest BCUT2D eigenvalue weighted by atomic mass is 10.1. The van der Waals surface area contributed by atoms with Gasteiger partial charge in [0.15, 0.2) is 9.84 Å². The lowest BCUT2D eigenvalue weighted by molar-refractivity contribution is 0.0601. The van der Waals surface area contributed by atoms with E-state index >= 15 is 0 Å². The number of nitrogens with two attached hydrogens (primary N) is 1. The summed E-state index contributed by atoms with van der Waals surface area (Å²) in [5, 5.41) is 0. The van der Waals surface area contributed by atoms with Crippen LogP contribution in [0.5, 0.6) is 0 Å². The molecule has 100 valence electrons. The Kier molecular flexibility index (Phi) is 2.43. The number of rotatable bonds is 1. The third kappa shape index (κ3) is 1.81. The maximum Gasteiger partial charge on any atom is 0.261 e. The van der Waals surface area contributed by atoms with Crippen LogP contribution in [0.15, 0.2) is 18.2 Å². The highest BCUT2D eigenvalue weighted by Gasteiger charge is 2.44. The van der Waals surface area contributed by atoms with Crippen LogP contribution in [-0.2, 0) is 9.84 Å². The summed E-state index contributed by atoms with van der Waals surface area (Å²) < 4.78 is 22.9. The van der Waals surface area contributed by atoms with Gasteiger partial charge in [-0.2, -0.15) is 0 Å². The van der Waals surface area contributed by atoms with Crippen LogP contribution in [-0.4, -0.2) is 42.7 Å². The van der Waals surface area contributed by atoms with Crippen LogP contribution < -0.4 is 5.73 Å². The van der Waals surface area contributed by atoms with Crippen molar-refractivity contribution >= 4 is 27.3 Å². The first-order chi connectivity index (χ1) is 8.89. The molecule has 0 saturated carbocycles. The lowest BCUT2D eigenvalue weighted by Gasteiger charge is -2.20. The van der Waals surface area contributed by atoms with E-state index in [0.29, 0.717) is 17.7 Å². The predicted octanol–water partition coefficient (Wildman–Crippen LogP) is 0.0519. The summed E-state index contributed by atoms with van der Waals surface area (Å²) in [7, 11) is -3.15. The van der Waals surface area contributed by atoms with Crippen molar-refractivity contribution < 1.29 is 18.0 Å². The Morgan fingerprint density at radius 2 is 1.84 bits per heavy atom. The number of carbonyl (C=O) groups excluding carboxylic acids is 2. The van der Waals surface area contributed by atoms with Crippen LogP contribution >= 0.6 is 0 Å². The highest BCUT2D eigenvalue weighted by Crippen LogP contribution is 2.29. The summed E-state index contributed by atoms with van der Waals surface area (Å²) in [5.74, 6) is -1.00. The van der Waals surface area contributed by atoms with Gasteiger partial charge >= 0.3 is 0 Å². The molecule has 0 aromatic heterocycles. The summed E-state index contributed by atoms with van der Waals surface area (Å²) >= 11 is 0. The van der Waals surface area contributed by atoms with Crippen molar-refractivity contribution in [3.8, 4) is 0 Å². The molecule has 3 rings (SSSR count). The third-order valence-electron chi connectivity index (χ3n) is 3.52. The molecule has 0 aliphatic carbocycles. The first-order valence-corrected chi connectivity index (χ1v) is 7.69. The van der Waals surface area contributed by atoms with Crippen LogP contribution in [0.1, 0.15) is 27.1 Å². The molecule has 0 spiro atoms. The van der Waals surface area contributed by atoms with E-state index in [4.69, 9.17) is 5.73 Å². The minimum atomic E-state index is -3.15. The fourth-order valence-corrected chi connectivity index (χ4v) is 4.29. The summed E-state index contributed by atoms with van der Waals surface area (Å²) in [6.07, 6.45) is 0.309. The van der Waals surface area contributed by atoms with Gasteiger partial charge in [-0.1, -0.05) is 0 Å². The summed E-state index contributed by atoms with van der Waals surface area (Å²) in [6.45, 7) is 0. The van der Waals surface area contributed by atoms with E-state index in [-0.39, 0.29) is 17.1 Å². The van der Waals surface area contributed by atoms with Gasteiger partial charge in [0, 0.05) is 5.69 Å². The maximum atomic E-state index is 12.2. The molecule has 2 amide bonds. The molecule has 1 unspecified atom stereocenters. The normalized spacial score (nSPS) is 24.8. The molecule has 19 heavy (non-hydrogen) atoms. The van der Waals surface area contributed by atoms with Crippen molar-refractivity contribution in [3.63, 3.8) is 0 Å². The molecule has 1 aromatic rings. The smallest absolute Gasteiger partial charge is 0.261 e. The number of nitrogens with zero attached hydrogens (tertiary/aromatic N) is 1. The average Bonchev–Trinajstić information content (AvgIpc) is 2.79. The number of sulfone groups is 1. The number of amides is 2. The van der Waals surface area contributed by atoms with Crippen LogP contribution in [0.4, 0.5) is 5.69 Å². The molecule has 1 saturated heterocycles. The van der Waals surface area contributed by atoms with Crippen molar-refractivity contribution in [2.24, 2.45) is 0 Å². The zero-order valence-electron chi connectivity index (χ0n) is 10.00. The van der Waals surface area contributed by atoms with E-state index in [1.807, 2.05) is 0 Å². The van der Waals surface area contributed by atoms with E-state index in [9.17, 15) is 18.0 Å². The van der Waals surface area contributed by atoms with Crippen molar-refractivity contribution in [2.75, 3.05) is 17.2 Å². The highest BCUT2D eigenvalue weighted by atomic mass is 32.2. The molecule has 1 atom stereocenters. The first-order valence-electron chi connectivity index (χ1n) is 5.87. The second-order valence-corrected chi connectivity index (χ2v) is 7.07. The minimum absolute atomic E-state index is 0.0210. The van der Waals surface area contributed by atoms with Crippen molar-refractivity contribution in [1.82, 2.24) is 4.90 Å². The Labute approximate surface area is 110 Å². The number of hydrogen-bond acceptors (Lipinski definition) is 5. The van der Waals surface area contributed by atoms with Crippen molar-refractivity contribution in [2.45, 2.75) is 12.5 Å². The van der Waals surface area contributed by atoms with E-state index in [0.717, 1.165) is 4.90 Å². The monoisotopic (exact) mass is 280 g/mol. The fraction of sp³-hybridized carbons (Fsp3) is 0.333. The Morgan fingerprint density at radius 3 is 2.47 bits per heavy atom. The average molecular weight is 280 g/mol. The number of nitrogen functional groups attached to an aromatic ring is 1. The van der Waals surface area contributed by atoms with E-state index in [1.54, 1.807) is 6.07 Å². The molecule has 2 aliphatic rings. The number of carbonyl (C=O) groups is 2. The zero-order valence-corrected chi connectivity index (χ0v) is 10.8.